The molecule has 1 saturated heterocycles. The van der Waals surface area contributed by atoms with Gasteiger partial charge in [-0.15, -0.1) is 13.2 Å². The zero-order valence-electron chi connectivity index (χ0n) is 9.21. The average molecular weight is 210 g/mol. The molecule has 1 aliphatic heterocycles. The second-order valence-electron chi connectivity index (χ2n) is 3.06. The van der Waals surface area contributed by atoms with Crippen LogP contribution in [0.25, 0.3) is 0 Å². The molecule has 0 bridgehead atoms. The monoisotopic (exact) mass is 210 g/mol. The lowest BCUT2D eigenvalue weighted by molar-refractivity contribution is -0.128. The van der Waals surface area contributed by atoms with Gasteiger partial charge < -0.3 is 9.64 Å². The van der Waals surface area contributed by atoms with E-state index in [-0.39, 0.29) is 11.6 Å². The Morgan fingerprint density at radius 3 is 2.20 bits per heavy atom. The molecule has 1 amide bonds. The summed E-state index contributed by atoms with van der Waals surface area (Å²) in [6.45, 7) is 13.5. The maximum atomic E-state index is 11.5. The van der Waals surface area contributed by atoms with Crippen LogP contribution in [0.1, 0.15) is 6.92 Å². The van der Waals surface area contributed by atoms with E-state index in [2.05, 4.69) is 19.7 Å². The molecule has 1 fully saturated rings. The smallest absolute Gasteiger partial charge is 0.272 e. The van der Waals surface area contributed by atoms with E-state index in [1.54, 1.807) is 11.8 Å². The zero-order valence-corrected chi connectivity index (χ0v) is 9.21. The summed E-state index contributed by atoms with van der Waals surface area (Å²) < 4.78 is 5.10. The highest BCUT2D eigenvalue weighted by Gasteiger charge is 2.20. The minimum absolute atomic E-state index is 0.00176. The van der Waals surface area contributed by atoms with Crippen LogP contribution >= 0.6 is 0 Å². The molecule has 0 aromatic heterocycles. The van der Waals surface area contributed by atoms with E-state index in [9.17, 15) is 4.79 Å². The van der Waals surface area contributed by atoms with E-state index >= 15 is 0 Å². The minimum atomic E-state index is -0.240. The third kappa shape index (κ3) is 4.08. The summed E-state index contributed by atoms with van der Waals surface area (Å²) >= 11 is 0. The van der Waals surface area contributed by atoms with Crippen LogP contribution in [-0.2, 0) is 9.53 Å². The van der Waals surface area contributed by atoms with Gasteiger partial charge in [-0.1, -0.05) is 6.58 Å². The molecule has 15 heavy (non-hydrogen) atoms. The number of carbonyl (C=O) groups is 1. The highest BCUT2D eigenvalue weighted by molar-refractivity contribution is 6.43. The number of hydrogen-bond donors (Lipinski definition) is 1. The molecule has 84 valence electrons. The summed E-state index contributed by atoms with van der Waals surface area (Å²) in [5.74, 6) is -0.240. The number of rotatable bonds is 2. The molecule has 0 saturated carbocycles. The molecule has 1 aliphatic rings. The number of ether oxygens (including phenoxy) is 1. The lowest BCUT2D eigenvalue weighted by Crippen LogP contribution is -2.44. The first-order chi connectivity index (χ1) is 7.13. The highest BCUT2D eigenvalue weighted by Crippen LogP contribution is 2.01. The maximum absolute atomic E-state index is 11.5. The summed E-state index contributed by atoms with van der Waals surface area (Å²) in [5.41, 5.74) is 0.512. The fourth-order valence-electron chi connectivity index (χ4n) is 1.11. The molecular formula is C11H18N2O2. The molecule has 0 aliphatic carbocycles. The second-order valence-corrected chi connectivity index (χ2v) is 3.06. The second kappa shape index (κ2) is 6.95. The molecule has 0 aromatic rings. The predicted molar refractivity (Wildman–Crippen MR) is 61.2 cm³/mol. The molecule has 1 rings (SSSR count). The third-order valence-electron chi connectivity index (χ3n) is 1.94. The fourth-order valence-corrected chi connectivity index (χ4v) is 1.11. The van der Waals surface area contributed by atoms with Gasteiger partial charge in [0.25, 0.3) is 5.91 Å². The van der Waals surface area contributed by atoms with Crippen LogP contribution in [0, 0.1) is 5.41 Å². The van der Waals surface area contributed by atoms with E-state index in [0.717, 1.165) is 0 Å². The van der Waals surface area contributed by atoms with E-state index < -0.39 is 0 Å². The number of amides is 1. The van der Waals surface area contributed by atoms with Gasteiger partial charge in [-0.05, 0) is 12.5 Å². The minimum Gasteiger partial charge on any atom is -0.378 e. The van der Waals surface area contributed by atoms with Crippen molar-refractivity contribution in [3.63, 3.8) is 0 Å². The van der Waals surface area contributed by atoms with Crippen molar-refractivity contribution in [2.75, 3.05) is 26.3 Å². The lowest BCUT2D eigenvalue weighted by Gasteiger charge is -2.26. The van der Waals surface area contributed by atoms with Crippen molar-refractivity contribution in [3.8, 4) is 0 Å². The first kappa shape index (κ1) is 13.6. The number of morpholine rings is 1. The normalized spacial score (nSPS) is 14.9. The van der Waals surface area contributed by atoms with Gasteiger partial charge in [-0.25, -0.2) is 0 Å². The Kier molecular flexibility index (Phi) is 6.29. The van der Waals surface area contributed by atoms with E-state index in [4.69, 9.17) is 10.1 Å². The number of nitrogens with zero attached hydrogens (tertiary/aromatic N) is 1. The highest BCUT2D eigenvalue weighted by atomic mass is 16.5. The molecular weight excluding hydrogens is 192 g/mol. The molecule has 0 aromatic carbocycles. The fraction of sp³-hybridized carbons (Fsp3) is 0.455. The van der Waals surface area contributed by atoms with Crippen molar-refractivity contribution in [2.24, 2.45) is 0 Å². The molecule has 0 unspecified atom stereocenters. The topological polar surface area (TPSA) is 53.4 Å². The van der Waals surface area contributed by atoms with Crippen molar-refractivity contribution < 1.29 is 9.53 Å². The van der Waals surface area contributed by atoms with Crippen molar-refractivity contribution in [1.82, 2.24) is 4.90 Å². The first-order valence-corrected chi connectivity index (χ1v) is 4.74. The summed E-state index contributed by atoms with van der Waals surface area (Å²) in [6, 6.07) is 0. The quantitative estimate of drug-likeness (QED) is 0.550. The molecule has 1 heterocycles. The Labute approximate surface area is 90.7 Å². The molecule has 4 heteroatoms. The summed E-state index contributed by atoms with van der Waals surface area (Å²) in [4.78, 5) is 13.2. The number of carbonyl (C=O) groups excluding carboxylic acids is 1. The van der Waals surface area contributed by atoms with Gasteiger partial charge >= 0.3 is 0 Å². The molecule has 1 N–H and O–H groups in total. The van der Waals surface area contributed by atoms with Crippen LogP contribution < -0.4 is 0 Å². The van der Waals surface area contributed by atoms with Gasteiger partial charge in [0, 0.05) is 13.1 Å². The predicted octanol–water partition coefficient (Wildman–Crippen LogP) is 1.24. The molecule has 4 nitrogen and oxygen atoms in total. The Balaban J connectivity index is 0.000000921. The van der Waals surface area contributed by atoms with Crippen LogP contribution in [-0.4, -0.2) is 42.8 Å². The van der Waals surface area contributed by atoms with E-state index in [0.29, 0.717) is 31.9 Å². The summed E-state index contributed by atoms with van der Waals surface area (Å²) in [7, 11) is 0. The molecule has 0 atom stereocenters. The first-order valence-electron chi connectivity index (χ1n) is 4.74. The van der Waals surface area contributed by atoms with Crippen molar-refractivity contribution >= 4 is 11.6 Å². The van der Waals surface area contributed by atoms with Gasteiger partial charge in [0.1, 0.15) is 5.71 Å². The largest absolute Gasteiger partial charge is 0.378 e. The summed E-state index contributed by atoms with van der Waals surface area (Å²) in [6.07, 6.45) is 0. The SMILES string of the molecule is C=C.C=C(C)C(=N)C(=O)N1CCOCC1. The standard InChI is InChI=1S/C9H14N2O2.C2H4/c1-7(2)8(10)9(12)11-3-5-13-6-4-11;1-2/h10H,1,3-6H2,2H3;1-2H2. The van der Waals surface area contributed by atoms with Gasteiger partial charge in [-0.2, -0.15) is 0 Å². The lowest BCUT2D eigenvalue weighted by atomic mass is 10.2. The average Bonchev–Trinajstić information content (AvgIpc) is 2.31. The van der Waals surface area contributed by atoms with Crippen molar-refractivity contribution in [1.29, 1.82) is 5.41 Å². The van der Waals surface area contributed by atoms with Crippen LogP contribution in [0.2, 0.25) is 0 Å². The Morgan fingerprint density at radius 1 is 1.33 bits per heavy atom. The van der Waals surface area contributed by atoms with Gasteiger partial charge in [0.15, 0.2) is 0 Å². The Morgan fingerprint density at radius 2 is 1.80 bits per heavy atom. The van der Waals surface area contributed by atoms with Crippen molar-refractivity contribution in [2.45, 2.75) is 6.92 Å². The van der Waals surface area contributed by atoms with Crippen LogP contribution in [0.3, 0.4) is 0 Å². The summed E-state index contributed by atoms with van der Waals surface area (Å²) in [5, 5.41) is 7.45. The van der Waals surface area contributed by atoms with Crippen LogP contribution in [0.5, 0.6) is 0 Å². The van der Waals surface area contributed by atoms with Crippen molar-refractivity contribution in [3.05, 3.63) is 25.3 Å². The van der Waals surface area contributed by atoms with Gasteiger partial charge in [0.2, 0.25) is 0 Å². The molecule has 0 radical (unpaired) electrons. The van der Waals surface area contributed by atoms with E-state index in [1.165, 1.54) is 0 Å². The van der Waals surface area contributed by atoms with Crippen LogP contribution in [0.15, 0.2) is 25.3 Å². The maximum Gasteiger partial charge on any atom is 0.272 e. The Bertz CT molecular complexity index is 255. The molecule has 0 spiro atoms. The zero-order chi connectivity index (χ0) is 11.8. The Hall–Kier alpha value is -1.42. The van der Waals surface area contributed by atoms with Crippen LogP contribution in [0.4, 0.5) is 0 Å². The van der Waals surface area contributed by atoms with E-state index in [1.807, 2.05) is 0 Å². The third-order valence-corrected chi connectivity index (χ3v) is 1.94. The van der Waals surface area contributed by atoms with Gasteiger partial charge in [-0.3, -0.25) is 10.2 Å². The number of hydrogen-bond acceptors (Lipinski definition) is 3. The van der Waals surface area contributed by atoms with Gasteiger partial charge in [0.05, 0.1) is 13.2 Å². The number of nitrogens with one attached hydrogen (secondary N) is 1.